The molecule has 3 rings (SSSR count). The number of aryl methyl sites for hydroxylation is 1. The average molecular weight is 264 g/mol. The SMILES string of the molecule is Cc1[pH]c(-c2ccccc2)c(C)c1-c1ccccc1. The van der Waals surface area contributed by atoms with Crippen LogP contribution in [0.5, 0.6) is 0 Å². The van der Waals surface area contributed by atoms with Crippen LogP contribution >= 0.6 is 8.19 Å². The number of hydrogen-bond donors (Lipinski definition) is 0. The molecule has 1 atom stereocenters. The van der Waals surface area contributed by atoms with Gasteiger partial charge in [0.1, 0.15) is 0 Å². The maximum absolute atomic E-state index is 2.26. The number of rotatable bonds is 2. The Morgan fingerprint density at radius 3 is 1.79 bits per heavy atom. The van der Waals surface area contributed by atoms with E-state index in [0.717, 1.165) is 8.19 Å². The van der Waals surface area contributed by atoms with Gasteiger partial charge in [0.15, 0.2) is 0 Å². The zero-order chi connectivity index (χ0) is 13.2. The molecule has 94 valence electrons. The first kappa shape index (κ1) is 12.3. The van der Waals surface area contributed by atoms with E-state index in [2.05, 4.69) is 74.5 Å². The fourth-order valence-electron chi connectivity index (χ4n) is 2.68. The van der Waals surface area contributed by atoms with Gasteiger partial charge in [0.2, 0.25) is 0 Å². The Hall–Kier alpha value is -1.78. The Balaban J connectivity index is 2.17. The lowest BCUT2D eigenvalue weighted by Crippen LogP contribution is -1.81. The van der Waals surface area contributed by atoms with E-state index in [4.69, 9.17) is 0 Å². The van der Waals surface area contributed by atoms with Crippen molar-refractivity contribution < 1.29 is 0 Å². The first-order valence-corrected chi connectivity index (χ1v) is 7.57. The van der Waals surface area contributed by atoms with Crippen LogP contribution in [-0.4, -0.2) is 0 Å². The Labute approximate surface area is 116 Å². The fraction of sp³-hybridized carbons (Fsp3) is 0.111. The molecule has 0 N–H and O–H groups in total. The van der Waals surface area contributed by atoms with Crippen molar-refractivity contribution in [3.8, 4) is 22.0 Å². The third kappa shape index (κ3) is 2.25. The van der Waals surface area contributed by atoms with Crippen molar-refractivity contribution in [2.24, 2.45) is 0 Å². The molecule has 19 heavy (non-hydrogen) atoms. The molecule has 1 aromatic heterocycles. The van der Waals surface area contributed by atoms with Gasteiger partial charge in [-0.25, -0.2) is 0 Å². The zero-order valence-corrected chi connectivity index (χ0v) is 12.3. The molecule has 0 fully saturated rings. The number of benzene rings is 2. The predicted molar refractivity (Wildman–Crippen MR) is 86.3 cm³/mol. The molecular formula is C18H17P. The Morgan fingerprint density at radius 1 is 0.684 bits per heavy atom. The van der Waals surface area contributed by atoms with Crippen molar-refractivity contribution >= 4 is 8.19 Å². The molecule has 3 aromatic rings. The summed E-state index contributed by atoms with van der Waals surface area (Å²) in [4.78, 5) is 0. The normalized spacial score (nSPS) is 11.1. The second kappa shape index (κ2) is 5.07. The highest BCUT2D eigenvalue weighted by atomic mass is 31.0. The molecule has 1 unspecified atom stereocenters. The molecule has 1 heterocycles. The van der Waals surface area contributed by atoms with Crippen LogP contribution in [0.4, 0.5) is 0 Å². The van der Waals surface area contributed by atoms with Gasteiger partial charge < -0.3 is 0 Å². The molecule has 0 bridgehead atoms. The van der Waals surface area contributed by atoms with Gasteiger partial charge in [-0.1, -0.05) is 60.7 Å². The van der Waals surface area contributed by atoms with Crippen molar-refractivity contribution in [1.82, 2.24) is 0 Å². The van der Waals surface area contributed by atoms with Crippen LogP contribution < -0.4 is 0 Å². The summed E-state index contributed by atoms with van der Waals surface area (Å²) >= 11 is 0. The standard InChI is InChI=1S/C18H17P/c1-13-17(15-9-5-3-6-10-15)14(2)19-18(13)16-11-7-4-8-12-16/h3-12,19H,1-2H3. The Bertz CT molecular complexity index is 678. The van der Waals surface area contributed by atoms with Crippen molar-refractivity contribution in [2.45, 2.75) is 13.8 Å². The minimum Gasteiger partial charge on any atom is -0.128 e. The van der Waals surface area contributed by atoms with Crippen molar-refractivity contribution in [1.29, 1.82) is 0 Å². The van der Waals surface area contributed by atoms with Crippen molar-refractivity contribution in [3.63, 3.8) is 0 Å². The van der Waals surface area contributed by atoms with Crippen LogP contribution in [0.1, 0.15) is 10.9 Å². The van der Waals surface area contributed by atoms with E-state index >= 15 is 0 Å². The van der Waals surface area contributed by atoms with Gasteiger partial charge in [0, 0.05) is 5.30 Å². The van der Waals surface area contributed by atoms with Gasteiger partial charge in [-0.3, -0.25) is 0 Å². The lowest BCUT2D eigenvalue weighted by molar-refractivity contribution is 1.48. The average Bonchev–Trinajstić information content (AvgIpc) is 2.76. The van der Waals surface area contributed by atoms with E-state index in [1.807, 2.05) is 0 Å². The summed E-state index contributed by atoms with van der Waals surface area (Å²) in [6.45, 7) is 4.52. The monoisotopic (exact) mass is 264 g/mol. The third-order valence-electron chi connectivity index (χ3n) is 3.56. The van der Waals surface area contributed by atoms with E-state index in [9.17, 15) is 0 Å². The zero-order valence-electron chi connectivity index (χ0n) is 11.3. The van der Waals surface area contributed by atoms with Gasteiger partial charge >= 0.3 is 0 Å². The topological polar surface area (TPSA) is 0 Å². The maximum Gasteiger partial charge on any atom is 0.00199 e. The molecule has 2 aromatic carbocycles. The molecule has 1 heteroatoms. The summed E-state index contributed by atoms with van der Waals surface area (Å²) in [6, 6.07) is 21.5. The van der Waals surface area contributed by atoms with Crippen LogP contribution in [0.2, 0.25) is 0 Å². The van der Waals surface area contributed by atoms with Crippen LogP contribution in [0.3, 0.4) is 0 Å². The van der Waals surface area contributed by atoms with Crippen LogP contribution in [0, 0.1) is 13.8 Å². The van der Waals surface area contributed by atoms with E-state index in [1.54, 1.807) is 0 Å². The first-order chi connectivity index (χ1) is 9.27. The minimum absolute atomic E-state index is 0.796. The highest BCUT2D eigenvalue weighted by Crippen LogP contribution is 2.44. The van der Waals surface area contributed by atoms with Crippen LogP contribution in [-0.2, 0) is 0 Å². The third-order valence-corrected chi connectivity index (χ3v) is 5.10. The summed E-state index contributed by atoms with van der Waals surface area (Å²) in [6.07, 6.45) is 0. The summed E-state index contributed by atoms with van der Waals surface area (Å²) < 4.78 is 0. The molecule has 0 aliphatic rings. The first-order valence-electron chi connectivity index (χ1n) is 6.57. The smallest absolute Gasteiger partial charge is 0.00199 e. The van der Waals surface area contributed by atoms with Gasteiger partial charge in [0.25, 0.3) is 0 Å². The molecule has 0 aliphatic carbocycles. The van der Waals surface area contributed by atoms with E-state index in [1.165, 1.54) is 32.8 Å². The number of hydrogen-bond acceptors (Lipinski definition) is 0. The quantitative estimate of drug-likeness (QED) is 0.559. The van der Waals surface area contributed by atoms with E-state index < -0.39 is 0 Å². The summed E-state index contributed by atoms with van der Waals surface area (Å²) in [5.41, 5.74) is 5.59. The van der Waals surface area contributed by atoms with E-state index in [-0.39, 0.29) is 0 Å². The largest absolute Gasteiger partial charge is 0.128 e. The predicted octanol–water partition coefficient (Wildman–Crippen LogP) is 5.67. The van der Waals surface area contributed by atoms with Crippen LogP contribution in [0.25, 0.3) is 22.0 Å². The molecule has 0 nitrogen and oxygen atoms in total. The second-order valence-corrected chi connectivity index (χ2v) is 6.36. The summed E-state index contributed by atoms with van der Waals surface area (Å²) in [5.74, 6) is 0. The summed E-state index contributed by atoms with van der Waals surface area (Å²) in [5, 5.41) is 3.00. The molecule has 0 saturated carbocycles. The van der Waals surface area contributed by atoms with Gasteiger partial charge in [-0.05, 0) is 41.4 Å². The molecule has 0 saturated heterocycles. The lowest BCUT2D eigenvalue weighted by Gasteiger charge is -2.04. The van der Waals surface area contributed by atoms with E-state index in [0.29, 0.717) is 0 Å². The van der Waals surface area contributed by atoms with Gasteiger partial charge in [-0.2, -0.15) is 0 Å². The lowest BCUT2D eigenvalue weighted by atomic mass is 9.99. The molecule has 0 aliphatic heterocycles. The minimum atomic E-state index is 0.796. The van der Waals surface area contributed by atoms with Crippen LogP contribution in [0.15, 0.2) is 60.7 Å². The maximum atomic E-state index is 2.26. The Morgan fingerprint density at radius 2 is 1.21 bits per heavy atom. The highest BCUT2D eigenvalue weighted by Gasteiger charge is 2.13. The highest BCUT2D eigenvalue weighted by molar-refractivity contribution is 7.35. The molecule has 0 spiro atoms. The summed E-state index contributed by atoms with van der Waals surface area (Å²) in [7, 11) is 0.796. The fourth-order valence-corrected chi connectivity index (χ4v) is 4.14. The van der Waals surface area contributed by atoms with Crippen molar-refractivity contribution in [2.75, 3.05) is 0 Å². The molecule has 0 amide bonds. The molecular weight excluding hydrogens is 247 g/mol. The Kier molecular flexibility index (Phi) is 3.27. The second-order valence-electron chi connectivity index (χ2n) is 4.86. The molecule has 0 radical (unpaired) electrons. The van der Waals surface area contributed by atoms with Gasteiger partial charge in [-0.15, -0.1) is 8.19 Å². The van der Waals surface area contributed by atoms with Gasteiger partial charge in [0.05, 0.1) is 0 Å². The van der Waals surface area contributed by atoms with Crippen molar-refractivity contribution in [3.05, 3.63) is 71.5 Å².